The number of carbonyl (C=O) groups excluding carboxylic acids is 1. The van der Waals surface area contributed by atoms with E-state index in [1.54, 1.807) is 13.8 Å². The van der Waals surface area contributed by atoms with Gasteiger partial charge in [-0.05, 0) is 26.8 Å². The second kappa shape index (κ2) is 6.19. The van der Waals surface area contributed by atoms with Crippen LogP contribution in [-0.2, 0) is 14.8 Å². The molecule has 0 aromatic carbocycles. The van der Waals surface area contributed by atoms with Gasteiger partial charge in [0.2, 0.25) is 15.9 Å². The summed E-state index contributed by atoms with van der Waals surface area (Å²) in [6.45, 7) is 5.72. The summed E-state index contributed by atoms with van der Waals surface area (Å²) < 4.78 is 27.0. The fourth-order valence-corrected chi connectivity index (χ4v) is 3.17. The largest absolute Gasteiger partial charge is 0.370 e. The monoisotopic (exact) mass is 300 g/mol. The van der Waals surface area contributed by atoms with E-state index < -0.39 is 21.5 Å². The van der Waals surface area contributed by atoms with E-state index in [4.69, 9.17) is 5.73 Å². The zero-order valence-corrected chi connectivity index (χ0v) is 12.6. The smallest absolute Gasteiger partial charge is 0.241 e. The number of rotatable bonds is 7. The average molecular weight is 300 g/mol. The van der Waals surface area contributed by atoms with Crippen molar-refractivity contribution in [3.63, 3.8) is 0 Å². The maximum absolute atomic E-state index is 12.3. The van der Waals surface area contributed by atoms with Gasteiger partial charge in [-0.3, -0.25) is 4.79 Å². The van der Waals surface area contributed by atoms with Crippen molar-refractivity contribution < 1.29 is 13.2 Å². The SMILES string of the molecule is CCNc1cc(S(=O)(=O)NC(C)(C)CC(N)=O)ccn1. The number of sulfonamides is 1. The van der Waals surface area contributed by atoms with E-state index in [0.717, 1.165) is 0 Å². The normalized spacial score (nSPS) is 12.2. The molecule has 0 saturated carbocycles. The highest BCUT2D eigenvalue weighted by molar-refractivity contribution is 7.89. The summed E-state index contributed by atoms with van der Waals surface area (Å²) in [7, 11) is -3.74. The van der Waals surface area contributed by atoms with Crippen LogP contribution in [0.2, 0.25) is 0 Å². The van der Waals surface area contributed by atoms with Crippen molar-refractivity contribution in [2.45, 2.75) is 37.6 Å². The zero-order valence-electron chi connectivity index (χ0n) is 11.8. The number of primary amides is 1. The predicted octanol–water partition coefficient (Wildman–Crippen LogP) is 0.446. The molecule has 0 aliphatic heterocycles. The van der Waals surface area contributed by atoms with Gasteiger partial charge in [0.15, 0.2) is 0 Å². The Hall–Kier alpha value is -1.67. The topological polar surface area (TPSA) is 114 Å². The van der Waals surface area contributed by atoms with Crippen LogP contribution in [0.4, 0.5) is 5.82 Å². The zero-order chi connectivity index (χ0) is 15.4. The maximum Gasteiger partial charge on any atom is 0.241 e. The summed E-state index contributed by atoms with van der Waals surface area (Å²) in [4.78, 5) is 15.0. The first-order valence-electron chi connectivity index (χ1n) is 6.18. The minimum atomic E-state index is -3.74. The van der Waals surface area contributed by atoms with Crippen molar-refractivity contribution in [1.82, 2.24) is 9.71 Å². The van der Waals surface area contributed by atoms with Gasteiger partial charge in [0, 0.05) is 30.8 Å². The molecule has 1 rings (SSSR count). The molecule has 0 aliphatic carbocycles. The Morgan fingerprint density at radius 3 is 2.65 bits per heavy atom. The summed E-state index contributed by atoms with van der Waals surface area (Å²) in [6, 6.07) is 2.83. The molecule has 0 aliphatic rings. The van der Waals surface area contributed by atoms with Gasteiger partial charge >= 0.3 is 0 Å². The highest BCUT2D eigenvalue weighted by Gasteiger charge is 2.28. The fraction of sp³-hybridized carbons (Fsp3) is 0.500. The molecular weight excluding hydrogens is 280 g/mol. The van der Waals surface area contributed by atoms with Crippen LogP contribution in [0.1, 0.15) is 27.2 Å². The molecule has 0 fully saturated rings. The first-order valence-corrected chi connectivity index (χ1v) is 7.67. The van der Waals surface area contributed by atoms with Gasteiger partial charge in [-0.15, -0.1) is 0 Å². The summed E-state index contributed by atoms with van der Waals surface area (Å²) in [5, 5.41) is 2.94. The molecule has 0 radical (unpaired) electrons. The molecule has 1 aromatic heterocycles. The number of nitrogens with two attached hydrogens (primary N) is 1. The third-order valence-corrected chi connectivity index (χ3v) is 4.12. The van der Waals surface area contributed by atoms with Gasteiger partial charge in [0.25, 0.3) is 0 Å². The Labute approximate surface area is 119 Å². The molecule has 0 saturated heterocycles. The lowest BCUT2D eigenvalue weighted by Gasteiger charge is -2.24. The number of amides is 1. The molecule has 112 valence electrons. The minimum absolute atomic E-state index is 0.0843. The Morgan fingerprint density at radius 1 is 1.45 bits per heavy atom. The second-order valence-electron chi connectivity index (χ2n) is 5.04. The lowest BCUT2D eigenvalue weighted by atomic mass is 10.0. The van der Waals surface area contributed by atoms with Crippen LogP contribution in [0.15, 0.2) is 23.2 Å². The molecule has 4 N–H and O–H groups in total. The highest BCUT2D eigenvalue weighted by atomic mass is 32.2. The van der Waals surface area contributed by atoms with Gasteiger partial charge in [-0.1, -0.05) is 0 Å². The molecule has 0 atom stereocenters. The van der Waals surface area contributed by atoms with Crippen LogP contribution in [0, 0.1) is 0 Å². The van der Waals surface area contributed by atoms with Gasteiger partial charge in [0.1, 0.15) is 5.82 Å². The molecule has 1 amide bonds. The van der Waals surface area contributed by atoms with Crippen molar-refractivity contribution in [2.75, 3.05) is 11.9 Å². The molecule has 0 spiro atoms. The van der Waals surface area contributed by atoms with E-state index in [9.17, 15) is 13.2 Å². The third-order valence-electron chi connectivity index (χ3n) is 2.43. The molecule has 1 heterocycles. The van der Waals surface area contributed by atoms with Crippen LogP contribution in [-0.4, -0.2) is 31.4 Å². The van der Waals surface area contributed by atoms with Crippen LogP contribution in [0.25, 0.3) is 0 Å². The average Bonchev–Trinajstić information content (AvgIpc) is 2.26. The first-order chi connectivity index (χ1) is 9.16. The van der Waals surface area contributed by atoms with Crippen molar-refractivity contribution in [2.24, 2.45) is 5.73 Å². The Morgan fingerprint density at radius 2 is 2.10 bits per heavy atom. The Bertz CT molecular complexity index is 584. The summed E-state index contributed by atoms with van der Waals surface area (Å²) >= 11 is 0. The van der Waals surface area contributed by atoms with Crippen molar-refractivity contribution >= 4 is 21.7 Å². The summed E-state index contributed by atoms with van der Waals surface area (Å²) in [6.07, 6.45) is 1.32. The second-order valence-corrected chi connectivity index (χ2v) is 6.72. The molecule has 7 nitrogen and oxygen atoms in total. The number of hydrogen-bond donors (Lipinski definition) is 3. The van der Waals surface area contributed by atoms with Crippen LogP contribution < -0.4 is 15.8 Å². The first kappa shape index (κ1) is 16.4. The van der Waals surface area contributed by atoms with E-state index in [0.29, 0.717) is 12.4 Å². The number of nitrogens with zero attached hydrogens (tertiary/aromatic N) is 1. The lowest BCUT2D eigenvalue weighted by Crippen LogP contribution is -2.45. The van der Waals surface area contributed by atoms with Crippen molar-refractivity contribution in [3.05, 3.63) is 18.3 Å². The third kappa shape index (κ3) is 4.78. The number of nitrogens with one attached hydrogen (secondary N) is 2. The van der Waals surface area contributed by atoms with Crippen molar-refractivity contribution in [1.29, 1.82) is 0 Å². The number of pyridine rings is 1. The molecule has 8 heteroatoms. The van der Waals surface area contributed by atoms with E-state index in [1.165, 1.54) is 18.3 Å². The molecular formula is C12H20N4O3S. The Kier molecular flexibility index (Phi) is 5.07. The summed E-state index contributed by atoms with van der Waals surface area (Å²) in [5.41, 5.74) is 4.15. The molecule has 0 bridgehead atoms. The van der Waals surface area contributed by atoms with E-state index in [1.807, 2.05) is 6.92 Å². The standard InChI is InChI=1S/C12H20N4O3S/c1-4-14-11-7-9(5-6-15-11)20(18,19)16-12(2,3)8-10(13)17/h5-7,16H,4,8H2,1-3H3,(H2,13,17)(H,14,15). The number of hydrogen-bond acceptors (Lipinski definition) is 5. The predicted molar refractivity (Wildman–Crippen MR) is 76.6 cm³/mol. The minimum Gasteiger partial charge on any atom is -0.370 e. The van der Waals surface area contributed by atoms with Crippen LogP contribution in [0.5, 0.6) is 0 Å². The highest BCUT2D eigenvalue weighted by Crippen LogP contribution is 2.17. The van der Waals surface area contributed by atoms with Crippen LogP contribution in [0.3, 0.4) is 0 Å². The van der Waals surface area contributed by atoms with E-state index in [-0.39, 0.29) is 11.3 Å². The van der Waals surface area contributed by atoms with E-state index >= 15 is 0 Å². The summed E-state index contributed by atoms with van der Waals surface area (Å²) in [5.74, 6) is -0.0937. The van der Waals surface area contributed by atoms with Gasteiger partial charge in [-0.25, -0.2) is 18.1 Å². The fourth-order valence-electron chi connectivity index (χ4n) is 1.75. The van der Waals surface area contributed by atoms with Crippen LogP contribution >= 0.6 is 0 Å². The molecule has 0 unspecified atom stereocenters. The van der Waals surface area contributed by atoms with Gasteiger partial charge < -0.3 is 11.1 Å². The van der Waals surface area contributed by atoms with Gasteiger partial charge in [0.05, 0.1) is 4.90 Å². The Balaban J connectivity index is 2.99. The maximum atomic E-state index is 12.3. The van der Waals surface area contributed by atoms with Gasteiger partial charge in [-0.2, -0.15) is 0 Å². The number of carbonyl (C=O) groups is 1. The molecule has 20 heavy (non-hydrogen) atoms. The van der Waals surface area contributed by atoms with Crippen molar-refractivity contribution in [3.8, 4) is 0 Å². The quantitative estimate of drug-likeness (QED) is 0.676. The molecule has 1 aromatic rings. The van der Waals surface area contributed by atoms with E-state index in [2.05, 4.69) is 15.0 Å². The number of aromatic nitrogens is 1. The lowest BCUT2D eigenvalue weighted by molar-refractivity contribution is -0.119. The number of anilines is 1.